The molecule has 3 rings (SSSR count). The zero-order chi connectivity index (χ0) is 22.5. The third-order valence-corrected chi connectivity index (χ3v) is 5.01. The van der Waals surface area contributed by atoms with Gasteiger partial charge in [0.05, 0.1) is 24.3 Å². The van der Waals surface area contributed by atoms with Crippen LogP contribution in [-0.2, 0) is 9.59 Å². The fraction of sp³-hybridized carbons (Fsp3) is 0.360. The fourth-order valence-electron chi connectivity index (χ4n) is 3.73. The summed E-state index contributed by atoms with van der Waals surface area (Å²) >= 11 is 0. The molecule has 0 aromatic heterocycles. The van der Waals surface area contributed by atoms with Gasteiger partial charge < -0.3 is 19.5 Å². The molecule has 1 heterocycles. The zero-order valence-electron chi connectivity index (χ0n) is 18.4. The van der Waals surface area contributed by atoms with Gasteiger partial charge in [-0.2, -0.15) is 0 Å². The molecule has 2 aromatic rings. The zero-order valence-corrected chi connectivity index (χ0v) is 18.4. The first-order chi connectivity index (χ1) is 14.9. The van der Waals surface area contributed by atoms with E-state index in [1.165, 1.54) is 4.90 Å². The summed E-state index contributed by atoms with van der Waals surface area (Å²) in [5.41, 5.74) is 1.30. The van der Waals surface area contributed by atoms with Gasteiger partial charge in [0.15, 0.2) is 0 Å². The number of hydrogen-bond donors (Lipinski definition) is 1. The summed E-state index contributed by atoms with van der Waals surface area (Å²) in [4.78, 5) is 27.2. The van der Waals surface area contributed by atoms with Crippen LogP contribution in [0.5, 0.6) is 11.5 Å². The average molecular weight is 424 g/mol. The van der Waals surface area contributed by atoms with Crippen molar-refractivity contribution in [2.75, 3.05) is 13.2 Å². The molecule has 0 spiro atoms. The molecule has 2 aromatic carbocycles. The van der Waals surface area contributed by atoms with E-state index in [0.29, 0.717) is 36.6 Å². The predicted molar refractivity (Wildman–Crippen MR) is 119 cm³/mol. The van der Waals surface area contributed by atoms with Gasteiger partial charge in [0.25, 0.3) is 11.7 Å². The van der Waals surface area contributed by atoms with Crippen molar-refractivity contribution in [2.45, 2.75) is 46.3 Å². The summed E-state index contributed by atoms with van der Waals surface area (Å²) < 4.78 is 11.1. The van der Waals surface area contributed by atoms with Crippen LogP contribution < -0.4 is 9.47 Å². The molecular weight excluding hydrogens is 394 g/mol. The highest BCUT2D eigenvalue weighted by Crippen LogP contribution is 2.40. The topological polar surface area (TPSA) is 76.1 Å². The highest BCUT2D eigenvalue weighted by molar-refractivity contribution is 6.46. The van der Waals surface area contributed by atoms with Crippen molar-refractivity contribution in [1.82, 2.24) is 4.90 Å². The Labute approximate surface area is 183 Å². The number of Topliss-reactive ketones (excluding diaryl/α,β-unsaturated/α-hetero) is 1. The lowest BCUT2D eigenvalue weighted by molar-refractivity contribution is -0.139. The number of aliphatic hydroxyl groups excluding tert-OH is 1. The molecule has 1 fully saturated rings. The van der Waals surface area contributed by atoms with Crippen LogP contribution in [-0.4, -0.2) is 41.0 Å². The second kappa shape index (κ2) is 9.69. The van der Waals surface area contributed by atoms with Gasteiger partial charge in [0.2, 0.25) is 0 Å². The molecule has 6 heteroatoms. The molecule has 1 amide bonds. The molecule has 1 aliphatic rings. The van der Waals surface area contributed by atoms with Gasteiger partial charge in [0, 0.05) is 12.1 Å². The Hall–Kier alpha value is -3.28. The molecule has 0 saturated carbocycles. The van der Waals surface area contributed by atoms with Crippen molar-refractivity contribution < 1.29 is 24.2 Å². The number of likely N-dealkylation sites (tertiary alicyclic amines) is 1. The third kappa shape index (κ3) is 4.74. The van der Waals surface area contributed by atoms with Crippen LogP contribution in [0.3, 0.4) is 0 Å². The number of nitrogens with zero attached hydrogens (tertiary/aromatic N) is 1. The predicted octanol–water partition coefficient (Wildman–Crippen LogP) is 4.70. The number of carbonyl (C=O) groups is 2. The molecular formula is C25H29NO5. The van der Waals surface area contributed by atoms with E-state index in [1.54, 1.807) is 24.3 Å². The molecule has 0 aliphatic carbocycles. The smallest absolute Gasteiger partial charge is 0.295 e. The number of amides is 1. The number of rotatable bonds is 8. The highest BCUT2D eigenvalue weighted by Gasteiger charge is 2.45. The van der Waals surface area contributed by atoms with Crippen LogP contribution in [0.2, 0.25) is 0 Å². The van der Waals surface area contributed by atoms with E-state index in [-0.39, 0.29) is 17.4 Å². The molecule has 0 radical (unpaired) electrons. The van der Waals surface area contributed by atoms with Gasteiger partial charge in [0.1, 0.15) is 17.3 Å². The standard InChI is InChI=1S/C25H29NO5/c1-5-15-26-22(17-7-11-19(12-8-17)30-6-2)21(24(28)25(26)29)23(27)18-9-13-20(14-10-18)31-16(3)4/h7-14,16,22,27H,5-6,15H2,1-4H3/b23-21-. The molecule has 1 unspecified atom stereocenters. The van der Waals surface area contributed by atoms with Crippen LogP contribution in [0.25, 0.3) is 5.76 Å². The second-order valence-electron chi connectivity index (χ2n) is 7.69. The van der Waals surface area contributed by atoms with Crippen LogP contribution in [0, 0.1) is 0 Å². The Morgan fingerprint density at radius 3 is 2.16 bits per heavy atom. The lowest BCUT2D eigenvalue weighted by Crippen LogP contribution is -2.30. The number of carbonyl (C=O) groups excluding carboxylic acids is 2. The Bertz CT molecular complexity index is 960. The Morgan fingerprint density at radius 2 is 1.61 bits per heavy atom. The average Bonchev–Trinajstić information content (AvgIpc) is 2.99. The van der Waals surface area contributed by atoms with Crippen molar-refractivity contribution in [3.8, 4) is 11.5 Å². The van der Waals surface area contributed by atoms with Gasteiger partial charge in [-0.1, -0.05) is 19.1 Å². The van der Waals surface area contributed by atoms with E-state index in [1.807, 2.05) is 52.0 Å². The van der Waals surface area contributed by atoms with Crippen molar-refractivity contribution >= 4 is 17.4 Å². The summed E-state index contributed by atoms with van der Waals surface area (Å²) in [5, 5.41) is 11.1. The number of ether oxygens (including phenoxy) is 2. The lowest BCUT2D eigenvalue weighted by atomic mass is 9.95. The summed E-state index contributed by atoms with van der Waals surface area (Å²) in [6, 6.07) is 13.5. The molecule has 164 valence electrons. The van der Waals surface area contributed by atoms with Gasteiger partial charge in [-0.25, -0.2) is 0 Å². The van der Waals surface area contributed by atoms with E-state index >= 15 is 0 Å². The molecule has 6 nitrogen and oxygen atoms in total. The number of benzene rings is 2. The minimum atomic E-state index is -0.674. The Kier molecular flexibility index (Phi) is 7.00. The maximum atomic E-state index is 12.9. The van der Waals surface area contributed by atoms with E-state index in [4.69, 9.17) is 9.47 Å². The molecule has 1 saturated heterocycles. The fourth-order valence-corrected chi connectivity index (χ4v) is 3.73. The van der Waals surface area contributed by atoms with Crippen molar-refractivity contribution in [2.24, 2.45) is 0 Å². The second-order valence-corrected chi connectivity index (χ2v) is 7.69. The number of ketones is 1. The summed E-state index contributed by atoms with van der Waals surface area (Å²) in [5.74, 6) is -0.0817. The Balaban J connectivity index is 2.05. The minimum absolute atomic E-state index is 0.0264. The van der Waals surface area contributed by atoms with E-state index in [9.17, 15) is 14.7 Å². The van der Waals surface area contributed by atoms with Gasteiger partial charge in [-0.05, 0) is 69.2 Å². The van der Waals surface area contributed by atoms with Crippen LogP contribution in [0.15, 0.2) is 54.1 Å². The van der Waals surface area contributed by atoms with E-state index in [0.717, 1.165) is 5.56 Å². The molecule has 1 aliphatic heterocycles. The van der Waals surface area contributed by atoms with E-state index < -0.39 is 17.7 Å². The Morgan fingerprint density at radius 1 is 1.00 bits per heavy atom. The number of aliphatic hydroxyl groups is 1. The van der Waals surface area contributed by atoms with Crippen LogP contribution in [0.4, 0.5) is 0 Å². The minimum Gasteiger partial charge on any atom is -0.507 e. The first-order valence-electron chi connectivity index (χ1n) is 10.7. The third-order valence-electron chi connectivity index (χ3n) is 5.01. The van der Waals surface area contributed by atoms with Crippen molar-refractivity contribution in [3.63, 3.8) is 0 Å². The van der Waals surface area contributed by atoms with Gasteiger partial charge >= 0.3 is 0 Å². The SMILES string of the molecule is CCCN1C(=O)C(=O)/C(=C(\O)c2ccc(OC(C)C)cc2)C1c1ccc(OCC)cc1. The normalized spacial score (nSPS) is 18.0. The number of hydrogen-bond acceptors (Lipinski definition) is 5. The monoisotopic (exact) mass is 423 g/mol. The first-order valence-corrected chi connectivity index (χ1v) is 10.7. The lowest BCUT2D eigenvalue weighted by Gasteiger charge is -2.25. The maximum Gasteiger partial charge on any atom is 0.295 e. The quantitative estimate of drug-likeness (QED) is 0.378. The first kappa shape index (κ1) is 22.4. The largest absolute Gasteiger partial charge is 0.507 e. The van der Waals surface area contributed by atoms with Crippen molar-refractivity contribution in [3.05, 3.63) is 65.2 Å². The van der Waals surface area contributed by atoms with Crippen LogP contribution in [0.1, 0.15) is 51.3 Å². The molecule has 0 bridgehead atoms. The van der Waals surface area contributed by atoms with Gasteiger partial charge in [-0.15, -0.1) is 0 Å². The summed E-state index contributed by atoms with van der Waals surface area (Å²) in [7, 11) is 0. The van der Waals surface area contributed by atoms with Crippen molar-refractivity contribution in [1.29, 1.82) is 0 Å². The summed E-state index contributed by atoms with van der Waals surface area (Å²) in [6.45, 7) is 8.67. The van der Waals surface area contributed by atoms with E-state index in [2.05, 4.69) is 0 Å². The maximum absolute atomic E-state index is 12.9. The molecule has 1 N–H and O–H groups in total. The molecule has 1 atom stereocenters. The highest BCUT2D eigenvalue weighted by atomic mass is 16.5. The van der Waals surface area contributed by atoms with Crippen LogP contribution >= 0.6 is 0 Å². The molecule has 31 heavy (non-hydrogen) atoms. The van der Waals surface area contributed by atoms with Gasteiger partial charge in [-0.3, -0.25) is 9.59 Å². The summed E-state index contributed by atoms with van der Waals surface area (Å²) in [6.07, 6.45) is 0.723.